The molecule has 0 saturated heterocycles. The first-order valence-corrected chi connectivity index (χ1v) is 18.7. The summed E-state index contributed by atoms with van der Waals surface area (Å²) in [5.41, 5.74) is 12.3. The third kappa shape index (κ3) is 5.72. The van der Waals surface area contributed by atoms with Gasteiger partial charge in [0, 0.05) is 11.3 Å². The smallest absolute Gasteiger partial charge is 0.145 e. The van der Waals surface area contributed by atoms with Crippen molar-refractivity contribution in [3.63, 3.8) is 0 Å². The fourth-order valence-electron chi connectivity index (χ4n) is 8.16. The Hall–Kier alpha value is -7.29. The van der Waals surface area contributed by atoms with Crippen LogP contribution in [0.1, 0.15) is 16.7 Å². The lowest BCUT2D eigenvalue weighted by Crippen LogP contribution is -1.97. The maximum Gasteiger partial charge on any atom is 0.145 e. The normalized spacial score (nSPS) is 11.6. The first-order chi connectivity index (χ1) is 27.2. The molecule has 0 saturated carbocycles. The van der Waals surface area contributed by atoms with Crippen molar-refractivity contribution in [3.8, 4) is 39.3 Å². The van der Waals surface area contributed by atoms with E-state index in [1.54, 1.807) is 0 Å². The highest BCUT2D eigenvalue weighted by molar-refractivity contribution is 6.13. The Bertz CT molecular complexity index is 3090. The molecule has 55 heavy (non-hydrogen) atoms. The van der Waals surface area contributed by atoms with Crippen molar-refractivity contribution in [1.82, 2.24) is 9.55 Å². The van der Waals surface area contributed by atoms with Gasteiger partial charge in [0.05, 0.1) is 11.0 Å². The summed E-state index contributed by atoms with van der Waals surface area (Å²) in [7, 11) is 0. The van der Waals surface area contributed by atoms with Gasteiger partial charge in [-0.3, -0.25) is 4.57 Å². The van der Waals surface area contributed by atoms with Crippen LogP contribution in [-0.2, 0) is 0 Å². The molecule has 1 heterocycles. The SMILES string of the molecule is C=Cc1c(C=Cc2ccc(-c3nc4ccccc4n3-c3ccccc3)cc2)c(-c2ccc3ccccc3c2)c2ccccc2c1-c1ccc2ccccc2c1. The van der Waals surface area contributed by atoms with Gasteiger partial charge < -0.3 is 0 Å². The summed E-state index contributed by atoms with van der Waals surface area (Å²) < 4.78 is 2.25. The molecule has 0 spiro atoms. The van der Waals surface area contributed by atoms with Crippen LogP contribution in [0.2, 0.25) is 0 Å². The number of benzene rings is 9. The average Bonchev–Trinajstić information content (AvgIpc) is 3.65. The Morgan fingerprint density at radius 2 is 0.964 bits per heavy atom. The number of fused-ring (bicyclic) bond motifs is 4. The van der Waals surface area contributed by atoms with Crippen molar-refractivity contribution in [1.29, 1.82) is 0 Å². The van der Waals surface area contributed by atoms with Crippen LogP contribution in [0.5, 0.6) is 0 Å². The first kappa shape index (κ1) is 32.4. The zero-order chi connectivity index (χ0) is 36.7. The molecule has 258 valence electrons. The highest BCUT2D eigenvalue weighted by atomic mass is 15.1. The molecule has 0 aliphatic heterocycles. The Labute approximate surface area is 320 Å². The minimum Gasteiger partial charge on any atom is -0.292 e. The van der Waals surface area contributed by atoms with Crippen molar-refractivity contribution in [2.45, 2.75) is 0 Å². The third-order valence-electron chi connectivity index (χ3n) is 10.8. The van der Waals surface area contributed by atoms with Crippen molar-refractivity contribution >= 4 is 61.6 Å². The summed E-state index contributed by atoms with van der Waals surface area (Å²) in [6.07, 6.45) is 6.56. The van der Waals surface area contributed by atoms with Gasteiger partial charge in [-0.2, -0.15) is 0 Å². The molecule has 10 rings (SSSR count). The quantitative estimate of drug-likeness (QED) is 0.151. The van der Waals surface area contributed by atoms with Crippen LogP contribution in [0.25, 0.3) is 101 Å². The van der Waals surface area contributed by atoms with Gasteiger partial charge >= 0.3 is 0 Å². The zero-order valence-electron chi connectivity index (χ0n) is 30.2. The van der Waals surface area contributed by atoms with Crippen LogP contribution in [0.3, 0.4) is 0 Å². The van der Waals surface area contributed by atoms with Gasteiger partial charge in [-0.1, -0.05) is 176 Å². The number of aromatic nitrogens is 2. The van der Waals surface area contributed by atoms with Crippen LogP contribution in [0.4, 0.5) is 0 Å². The molecular formula is C53H36N2. The number of para-hydroxylation sites is 3. The van der Waals surface area contributed by atoms with Gasteiger partial charge in [0.1, 0.15) is 5.82 Å². The molecule has 2 heteroatoms. The molecule has 0 N–H and O–H groups in total. The van der Waals surface area contributed by atoms with E-state index in [-0.39, 0.29) is 0 Å². The fourth-order valence-corrected chi connectivity index (χ4v) is 8.16. The Morgan fingerprint density at radius 1 is 0.436 bits per heavy atom. The van der Waals surface area contributed by atoms with Gasteiger partial charge in [0.25, 0.3) is 0 Å². The molecule has 0 bridgehead atoms. The van der Waals surface area contributed by atoms with E-state index in [0.29, 0.717) is 0 Å². The molecule has 0 unspecified atom stereocenters. The molecule has 0 aliphatic carbocycles. The maximum absolute atomic E-state index is 5.09. The molecule has 0 atom stereocenters. The van der Waals surface area contributed by atoms with E-state index in [0.717, 1.165) is 44.8 Å². The first-order valence-electron chi connectivity index (χ1n) is 18.7. The standard InChI is InChI=1S/C53H36N2/c1-2-45-48(33-26-36-24-27-39(28-25-36)53-54-49-22-12-13-23-50(49)55(53)44-18-4-3-5-19-44)52(43-32-30-38-15-7-9-17-41(38)35-43)47-21-11-10-20-46(47)51(45)42-31-29-37-14-6-8-16-40(37)34-42/h2-35H,1H2. The highest BCUT2D eigenvalue weighted by Crippen LogP contribution is 2.44. The number of hydrogen-bond acceptors (Lipinski definition) is 1. The fraction of sp³-hybridized carbons (Fsp3) is 0. The number of hydrogen-bond donors (Lipinski definition) is 0. The summed E-state index contributed by atoms with van der Waals surface area (Å²) in [5.74, 6) is 0.921. The predicted molar refractivity (Wildman–Crippen MR) is 235 cm³/mol. The van der Waals surface area contributed by atoms with Gasteiger partial charge in [-0.15, -0.1) is 0 Å². The lowest BCUT2D eigenvalue weighted by molar-refractivity contribution is 1.10. The van der Waals surface area contributed by atoms with Gasteiger partial charge in [-0.25, -0.2) is 4.98 Å². The summed E-state index contributed by atoms with van der Waals surface area (Å²) in [6, 6.07) is 67.1. The van der Waals surface area contributed by atoms with Gasteiger partial charge in [0.2, 0.25) is 0 Å². The van der Waals surface area contributed by atoms with Crippen LogP contribution >= 0.6 is 0 Å². The molecule has 10 aromatic rings. The van der Waals surface area contributed by atoms with Crippen LogP contribution in [-0.4, -0.2) is 9.55 Å². The lowest BCUT2D eigenvalue weighted by atomic mass is 9.82. The largest absolute Gasteiger partial charge is 0.292 e. The topological polar surface area (TPSA) is 17.8 Å². The lowest BCUT2D eigenvalue weighted by Gasteiger charge is -2.21. The van der Waals surface area contributed by atoms with E-state index >= 15 is 0 Å². The third-order valence-corrected chi connectivity index (χ3v) is 10.8. The van der Waals surface area contributed by atoms with Crippen LogP contribution in [0.15, 0.2) is 195 Å². The second kappa shape index (κ2) is 13.6. The predicted octanol–water partition coefficient (Wildman–Crippen LogP) is 14.3. The Balaban J connectivity index is 1.15. The van der Waals surface area contributed by atoms with Gasteiger partial charge in [-0.05, 0) is 108 Å². The molecule has 9 aromatic carbocycles. The number of rotatable bonds is 7. The zero-order valence-corrected chi connectivity index (χ0v) is 30.2. The van der Waals surface area contributed by atoms with E-state index < -0.39 is 0 Å². The van der Waals surface area contributed by atoms with E-state index in [1.165, 1.54) is 54.6 Å². The van der Waals surface area contributed by atoms with Crippen LogP contribution in [0, 0.1) is 0 Å². The van der Waals surface area contributed by atoms with Crippen molar-refractivity contribution in [3.05, 3.63) is 211 Å². The molecule has 1 aromatic heterocycles. The average molecular weight is 701 g/mol. The second-order valence-electron chi connectivity index (χ2n) is 14.0. The molecule has 0 radical (unpaired) electrons. The van der Waals surface area contributed by atoms with Gasteiger partial charge in [0.15, 0.2) is 0 Å². The molecule has 0 fully saturated rings. The summed E-state index contributed by atoms with van der Waals surface area (Å²) in [4.78, 5) is 5.09. The van der Waals surface area contributed by atoms with Crippen LogP contribution < -0.4 is 0 Å². The maximum atomic E-state index is 5.09. The Morgan fingerprint density at radius 3 is 1.60 bits per heavy atom. The van der Waals surface area contributed by atoms with Crippen molar-refractivity contribution in [2.24, 2.45) is 0 Å². The molecule has 2 nitrogen and oxygen atoms in total. The second-order valence-corrected chi connectivity index (χ2v) is 14.0. The Kier molecular flexibility index (Phi) is 8.00. The van der Waals surface area contributed by atoms with Crippen molar-refractivity contribution < 1.29 is 0 Å². The molecule has 0 aliphatic rings. The minimum absolute atomic E-state index is 0.921. The van der Waals surface area contributed by atoms with E-state index in [1.807, 2.05) is 18.2 Å². The minimum atomic E-state index is 0.921. The van der Waals surface area contributed by atoms with Crippen molar-refractivity contribution in [2.75, 3.05) is 0 Å². The summed E-state index contributed by atoms with van der Waals surface area (Å²) >= 11 is 0. The molecule has 0 amide bonds. The number of nitrogens with zero attached hydrogens (tertiary/aromatic N) is 2. The van der Waals surface area contributed by atoms with E-state index in [2.05, 4.69) is 199 Å². The summed E-state index contributed by atoms with van der Waals surface area (Å²) in [5, 5.41) is 7.31. The monoisotopic (exact) mass is 700 g/mol. The number of imidazole rings is 1. The van der Waals surface area contributed by atoms with E-state index in [9.17, 15) is 0 Å². The summed E-state index contributed by atoms with van der Waals surface area (Å²) in [6.45, 7) is 4.44. The molecular weight excluding hydrogens is 665 g/mol. The highest BCUT2D eigenvalue weighted by Gasteiger charge is 2.20. The van der Waals surface area contributed by atoms with E-state index in [4.69, 9.17) is 4.98 Å².